The largest absolute Gasteiger partial charge is 0.452 e. The fourth-order valence-electron chi connectivity index (χ4n) is 2.30. The molecule has 0 saturated heterocycles. The molecule has 0 aliphatic rings. The average Bonchev–Trinajstić information content (AvgIpc) is 2.62. The van der Waals surface area contributed by atoms with E-state index in [9.17, 15) is 14.4 Å². The summed E-state index contributed by atoms with van der Waals surface area (Å²) in [5.41, 5.74) is 6.89. The zero-order chi connectivity index (χ0) is 19.1. The van der Waals surface area contributed by atoms with Crippen molar-refractivity contribution in [2.45, 2.75) is 19.4 Å². The third-order valence-corrected chi connectivity index (χ3v) is 3.91. The molecule has 0 spiro atoms. The van der Waals surface area contributed by atoms with E-state index in [0.717, 1.165) is 5.56 Å². The molecule has 26 heavy (non-hydrogen) atoms. The van der Waals surface area contributed by atoms with Crippen LogP contribution in [0.15, 0.2) is 48.5 Å². The first-order valence-electron chi connectivity index (χ1n) is 7.92. The highest BCUT2D eigenvalue weighted by molar-refractivity contribution is 6.31. The number of nitrogens with one attached hydrogen (secondary N) is 1. The number of ether oxygens (including phenoxy) is 1. The molecular formula is C19H19ClN2O4. The van der Waals surface area contributed by atoms with Crippen molar-refractivity contribution in [3.63, 3.8) is 0 Å². The maximum atomic E-state index is 12.0. The summed E-state index contributed by atoms with van der Waals surface area (Å²) < 4.78 is 4.96. The van der Waals surface area contributed by atoms with Crippen molar-refractivity contribution in [3.05, 3.63) is 64.7 Å². The summed E-state index contributed by atoms with van der Waals surface area (Å²) in [5.74, 6) is -1.52. The molecule has 136 valence electrons. The first-order chi connectivity index (χ1) is 12.4. The lowest BCUT2D eigenvalue weighted by atomic mass is 10.0. The molecule has 0 saturated carbocycles. The van der Waals surface area contributed by atoms with Crippen molar-refractivity contribution in [1.29, 1.82) is 0 Å². The number of anilines is 1. The number of rotatable bonds is 7. The van der Waals surface area contributed by atoms with Gasteiger partial charge in [-0.05, 0) is 37.1 Å². The van der Waals surface area contributed by atoms with Crippen molar-refractivity contribution in [2.24, 2.45) is 0 Å². The molecular weight excluding hydrogens is 356 g/mol. The third-order valence-electron chi connectivity index (χ3n) is 3.68. The Kier molecular flexibility index (Phi) is 6.74. The number of hydrogen-bond acceptors (Lipinski definition) is 5. The second-order valence-corrected chi connectivity index (χ2v) is 6.16. The van der Waals surface area contributed by atoms with Crippen LogP contribution >= 0.6 is 11.6 Å². The minimum atomic E-state index is -0.761. The van der Waals surface area contributed by atoms with Gasteiger partial charge in [0.2, 0.25) is 0 Å². The molecule has 3 N–H and O–H groups in total. The third kappa shape index (κ3) is 5.60. The van der Waals surface area contributed by atoms with E-state index in [1.807, 2.05) is 30.3 Å². The molecule has 1 amide bonds. The number of Topliss-reactive ketones (excluding diaryl/α,β-unsaturated/α-hetero) is 1. The van der Waals surface area contributed by atoms with Crippen molar-refractivity contribution >= 4 is 34.9 Å². The van der Waals surface area contributed by atoms with Gasteiger partial charge in [-0.15, -0.1) is 0 Å². The van der Waals surface area contributed by atoms with Crippen LogP contribution in [0.5, 0.6) is 0 Å². The van der Waals surface area contributed by atoms with E-state index in [0.29, 0.717) is 11.4 Å². The zero-order valence-electron chi connectivity index (χ0n) is 14.2. The molecule has 6 nitrogen and oxygen atoms in total. The predicted molar refractivity (Wildman–Crippen MR) is 98.9 cm³/mol. The highest BCUT2D eigenvalue weighted by atomic mass is 35.5. The topological polar surface area (TPSA) is 98.5 Å². The molecule has 0 heterocycles. The van der Waals surface area contributed by atoms with E-state index in [1.165, 1.54) is 19.1 Å². The van der Waals surface area contributed by atoms with Crippen molar-refractivity contribution in [1.82, 2.24) is 5.32 Å². The highest BCUT2D eigenvalue weighted by Gasteiger charge is 2.19. The smallest absolute Gasteiger partial charge is 0.340 e. The van der Waals surface area contributed by atoms with Gasteiger partial charge in [0, 0.05) is 10.7 Å². The number of ketones is 1. The number of carbonyl (C=O) groups excluding carboxylic acids is 3. The fourth-order valence-corrected chi connectivity index (χ4v) is 2.47. The minimum absolute atomic E-state index is 0.0812. The van der Waals surface area contributed by atoms with Gasteiger partial charge in [-0.2, -0.15) is 0 Å². The van der Waals surface area contributed by atoms with Gasteiger partial charge in [-0.1, -0.05) is 41.9 Å². The Bertz CT molecular complexity index is 808. The van der Waals surface area contributed by atoms with Crippen LogP contribution < -0.4 is 11.1 Å². The quantitative estimate of drug-likeness (QED) is 0.572. The zero-order valence-corrected chi connectivity index (χ0v) is 15.0. The number of amides is 1. The van der Waals surface area contributed by atoms with E-state index in [-0.39, 0.29) is 17.0 Å². The lowest BCUT2D eigenvalue weighted by Crippen LogP contribution is -2.43. The molecule has 0 aromatic heterocycles. The maximum Gasteiger partial charge on any atom is 0.340 e. The second-order valence-electron chi connectivity index (χ2n) is 5.73. The fraction of sp³-hybridized carbons (Fsp3) is 0.211. The van der Waals surface area contributed by atoms with Crippen LogP contribution in [0.4, 0.5) is 5.69 Å². The number of halogens is 1. The van der Waals surface area contributed by atoms with Crippen molar-refractivity contribution in [3.8, 4) is 0 Å². The molecule has 0 aliphatic carbocycles. The van der Waals surface area contributed by atoms with E-state index in [1.54, 1.807) is 6.07 Å². The Hall–Kier alpha value is -2.86. The molecule has 2 aromatic carbocycles. The number of carbonyl (C=O) groups is 3. The summed E-state index contributed by atoms with van der Waals surface area (Å²) in [6.07, 6.45) is 0.358. The van der Waals surface area contributed by atoms with Crippen LogP contribution in [0.3, 0.4) is 0 Å². The van der Waals surface area contributed by atoms with Gasteiger partial charge in [-0.25, -0.2) is 4.79 Å². The van der Waals surface area contributed by atoms with Gasteiger partial charge >= 0.3 is 5.97 Å². The summed E-state index contributed by atoms with van der Waals surface area (Å²) in [5, 5.41) is 2.90. The molecule has 1 atom stereocenters. The van der Waals surface area contributed by atoms with Crippen LogP contribution in [-0.4, -0.2) is 30.3 Å². The predicted octanol–water partition coefficient (Wildman–Crippen LogP) is 2.40. The number of benzene rings is 2. The normalized spacial score (nSPS) is 11.5. The Labute approximate surface area is 156 Å². The van der Waals surface area contributed by atoms with E-state index in [4.69, 9.17) is 22.1 Å². The minimum Gasteiger partial charge on any atom is -0.452 e. The van der Waals surface area contributed by atoms with Gasteiger partial charge in [0.25, 0.3) is 5.91 Å². The molecule has 7 heteroatoms. The maximum absolute atomic E-state index is 12.0. The summed E-state index contributed by atoms with van der Waals surface area (Å²) in [6, 6.07) is 13.0. The summed E-state index contributed by atoms with van der Waals surface area (Å²) in [6.45, 7) is 0.871. The second kappa shape index (κ2) is 9.01. The number of nitrogen functional groups attached to an aromatic ring is 1. The molecule has 0 bridgehead atoms. The van der Waals surface area contributed by atoms with Gasteiger partial charge in [0.1, 0.15) is 0 Å². The monoisotopic (exact) mass is 374 g/mol. The van der Waals surface area contributed by atoms with Crippen LogP contribution in [0.25, 0.3) is 0 Å². The van der Waals surface area contributed by atoms with E-state index >= 15 is 0 Å². The molecule has 2 rings (SSSR count). The Balaban J connectivity index is 1.92. The van der Waals surface area contributed by atoms with Gasteiger partial charge < -0.3 is 15.8 Å². The average molecular weight is 375 g/mol. The molecule has 0 unspecified atom stereocenters. The van der Waals surface area contributed by atoms with E-state index in [2.05, 4.69) is 5.32 Å². The Morgan fingerprint density at radius 3 is 2.50 bits per heavy atom. The van der Waals surface area contributed by atoms with Crippen molar-refractivity contribution in [2.75, 3.05) is 12.3 Å². The number of esters is 1. The number of nitrogens with two attached hydrogens (primary N) is 1. The summed E-state index contributed by atoms with van der Waals surface area (Å²) in [4.78, 5) is 35.8. The first-order valence-corrected chi connectivity index (χ1v) is 8.30. The Morgan fingerprint density at radius 1 is 1.15 bits per heavy atom. The summed E-state index contributed by atoms with van der Waals surface area (Å²) >= 11 is 5.82. The lowest BCUT2D eigenvalue weighted by molar-refractivity contribution is -0.128. The Morgan fingerprint density at radius 2 is 1.85 bits per heavy atom. The van der Waals surface area contributed by atoms with Gasteiger partial charge in [0.15, 0.2) is 12.4 Å². The van der Waals surface area contributed by atoms with Gasteiger partial charge in [0.05, 0.1) is 11.6 Å². The van der Waals surface area contributed by atoms with Crippen LogP contribution in [0.2, 0.25) is 5.02 Å². The highest BCUT2D eigenvalue weighted by Crippen LogP contribution is 2.18. The van der Waals surface area contributed by atoms with Gasteiger partial charge in [-0.3, -0.25) is 9.59 Å². The molecule has 0 radical (unpaired) electrons. The SMILES string of the molecule is CC(=O)[C@@H](Cc1ccccc1)NC(=O)COC(=O)c1cc(Cl)ccc1N. The standard InChI is InChI=1S/C19H19ClN2O4/c1-12(23)17(9-13-5-3-2-4-6-13)22-18(24)11-26-19(25)15-10-14(20)7-8-16(15)21/h2-8,10,17H,9,11,21H2,1H3,(H,22,24)/t17-/m1/s1. The van der Waals surface area contributed by atoms with Crippen LogP contribution in [-0.2, 0) is 20.7 Å². The van der Waals surface area contributed by atoms with Crippen LogP contribution in [0.1, 0.15) is 22.8 Å². The van der Waals surface area contributed by atoms with E-state index < -0.39 is 24.5 Å². The molecule has 2 aromatic rings. The van der Waals surface area contributed by atoms with Crippen LogP contribution in [0, 0.1) is 0 Å². The van der Waals surface area contributed by atoms with Crippen molar-refractivity contribution < 1.29 is 19.1 Å². The first kappa shape index (κ1) is 19.5. The molecule has 0 fully saturated rings. The lowest BCUT2D eigenvalue weighted by Gasteiger charge is -2.16. The summed E-state index contributed by atoms with van der Waals surface area (Å²) in [7, 11) is 0. The molecule has 0 aliphatic heterocycles. The number of hydrogen-bond donors (Lipinski definition) is 2.